The van der Waals surface area contributed by atoms with Gasteiger partial charge in [0.15, 0.2) is 5.17 Å². The molecule has 1 fully saturated rings. The Morgan fingerprint density at radius 1 is 1.25 bits per heavy atom. The van der Waals surface area contributed by atoms with Crippen LogP contribution in [0.4, 0.5) is 4.39 Å². The van der Waals surface area contributed by atoms with Gasteiger partial charge in [0, 0.05) is 26.2 Å². The largest absolute Gasteiger partial charge is 0.348 e. The van der Waals surface area contributed by atoms with Crippen LogP contribution in [0.5, 0.6) is 0 Å². The summed E-state index contributed by atoms with van der Waals surface area (Å²) in [5.41, 5.74) is 0.805. The lowest BCUT2D eigenvalue weighted by atomic mass is 10.2. The predicted molar refractivity (Wildman–Crippen MR) is 78.9 cm³/mol. The molecule has 0 atom stereocenters. The van der Waals surface area contributed by atoms with Gasteiger partial charge in [-0.25, -0.2) is 4.39 Å². The van der Waals surface area contributed by atoms with Gasteiger partial charge in [0.2, 0.25) is 0 Å². The fourth-order valence-corrected chi connectivity index (χ4v) is 3.06. The van der Waals surface area contributed by atoms with Gasteiger partial charge >= 0.3 is 0 Å². The van der Waals surface area contributed by atoms with Crippen molar-refractivity contribution in [1.82, 2.24) is 10.2 Å². The molecule has 4 nitrogen and oxygen atoms in total. The van der Waals surface area contributed by atoms with Crippen molar-refractivity contribution in [2.24, 2.45) is 4.99 Å². The van der Waals surface area contributed by atoms with Crippen LogP contribution in [0.15, 0.2) is 34.2 Å². The van der Waals surface area contributed by atoms with Gasteiger partial charge in [-0.1, -0.05) is 12.1 Å². The van der Waals surface area contributed by atoms with E-state index in [9.17, 15) is 9.18 Å². The summed E-state index contributed by atoms with van der Waals surface area (Å²) in [4.78, 5) is 18.7. The summed E-state index contributed by atoms with van der Waals surface area (Å²) in [5.74, 6) is -0.497. The number of rotatable bonds is 1. The van der Waals surface area contributed by atoms with Crippen LogP contribution in [0.3, 0.4) is 0 Å². The third kappa shape index (κ3) is 2.91. The molecule has 104 valence electrons. The molecular formula is C14H14FN3OS. The second kappa shape index (κ2) is 5.76. The molecule has 0 saturated carbocycles. The van der Waals surface area contributed by atoms with Crippen LogP contribution in [-0.4, -0.2) is 42.2 Å². The molecule has 6 heteroatoms. The molecule has 0 radical (unpaired) electrons. The van der Waals surface area contributed by atoms with Crippen molar-refractivity contribution in [3.05, 3.63) is 40.6 Å². The second-order valence-electron chi connectivity index (χ2n) is 4.60. The topological polar surface area (TPSA) is 44.7 Å². The standard InChI is InChI=1S/C14H14FN3OS/c15-11-3-1-10(2-4-11)9-12-13(19)17-14(20-12)18-7-5-16-6-8-18/h1-4,9,16H,5-8H2. The number of thioether (sulfide) groups is 1. The summed E-state index contributed by atoms with van der Waals surface area (Å²) < 4.78 is 12.9. The van der Waals surface area contributed by atoms with Crippen LogP contribution in [0.1, 0.15) is 5.56 Å². The SMILES string of the molecule is O=C1N=C(N2CCNCC2)SC1=Cc1ccc(F)cc1. The van der Waals surface area contributed by atoms with E-state index >= 15 is 0 Å². The molecule has 0 bridgehead atoms. The highest BCUT2D eigenvalue weighted by molar-refractivity contribution is 8.18. The number of nitrogens with one attached hydrogen (secondary N) is 1. The molecule has 0 aromatic heterocycles. The molecule has 1 saturated heterocycles. The lowest BCUT2D eigenvalue weighted by Gasteiger charge is -2.27. The molecule has 2 aliphatic rings. The van der Waals surface area contributed by atoms with E-state index in [0.717, 1.165) is 36.9 Å². The minimum Gasteiger partial charge on any atom is -0.348 e. The number of amidine groups is 1. The Bertz CT molecular complexity index is 577. The van der Waals surface area contributed by atoms with Gasteiger partial charge < -0.3 is 10.2 Å². The van der Waals surface area contributed by atoms with Gasteiger partial charge in [0.1, 0.15) is 5.82 Å². The molecule has 2 heterocycles. The van der Waals surface area contributed by atoms with Gasteiger partial charge in [-0.15, -0.1) is 0 Å². The van der Waals surface area contributed by atoms with Gasteiger partial charge in [-0.3, -0.25) is 4.79 Å². The van der Waals surface area contributed by atoms with E-state index < -0.39 is 0 Å². The number of carbonyl (C=O) groups excluding carboxylic acids is 1. The molecule has 2 aliphatic heterocycles. The van der Waals surface area contributed by atoms with Gasteiger partial charge in [-0.2, -0.15) is 4.99 Å². The Kier molecular flexibility index (Phi) is 3.84. The quantitative estimate of drug-likeness (QED) is 0.800. The Morgan fingerprint density at radius 2 is 1.95 bits per heavy atom. The number of hydrogen-bond acceptors (Lipinski definition) is 4. The molecule has 0 aliphatic carbocycles. The number of hydrogen-bond donors (Lipinski definition) is 1. The second-order valence-corrected chi connectivity index (χ2v) is 5.61. The normalized spacial score (nSPS) is 21.4. The lowest BCUT2D eigenvalue weighted by molar-refractivity contribution is -0.113. The summed E-state index contributed by atoms with van der Waals surface area (Å²) in [7, 11) is 0. The zero-order valence-electron chi connectivity index (χ0n) is 10.8. The first-order chi connectivity index (χ1) is 9.72. The number of benzene rings is 1. The average molecular weight is 291 g/mol. The van der Waals surface area contributed by atoms with Crippen LogP contribution in [0.2, 0.25) is 0 Å². The maximum absolute atomic E-state index is 12.9. The smallest absolute Gasteiger partial charge is 0.286 e. The van der Waals surface area contributed by atoms with E-state index in [1.54, 1.807) is 18.2 Å². The minimum atomic E-state index is -0.282. The molecule has 20 heavy (non-hydrogen) atoms. The summed E-state index contributed by atoms with van der Waals surface area (Å²) in [5, 5.41) is 4.03. The molecule has 1 amide bonds. The number of amides is 1. The maximum atomic E-state index is 12.9. The van der Waals surface area contributed by atoms with Crippen molar-refractivity contribution < 1.29 is 9.18 Å². The fourth-order valence-electron chi connectivity index (χ4n) is 2.10. The molecule has 1 aromatic rings. The van der Waals surface area contributed by atoms with Crippen LogP contribution in [-0.2, 0) is 4.79 Å². The molecule has 1 aromatic carbocycles. The van der Waals surface area contributed by atoms with E-state index in [4.69, 9.17) is 0 Å². The van der Waals surface area contributed by atoms with Gasteiger partial charge in [0.05, 0.1) is 4.91 Å². The summed E-state index contributed by atoms with van der Waals surface area (Å²) >= 11 is 1.39. The van der Waals surface area contributed by atoms with Crippen LogP contribution in [0, 0.1) is 5.82 Å². The number of halogens is 1. The number of piperazine rings is 1. The number of nitrogens with zero attached hydrogens (tertiary/aromatic N) is 2. The number of aliphatic imine (C=N–C) groups is 1. The molecule has 0 spiro atoms. The zero-order chi connectivity index (χ0) is 13.9. The monoisotopic (exact) mass is 291 g/mol. The molecule has 0 unspecified atom stereocenters. The van der Waals surface area contributed by atoms with E-state index in [1.807, 2.05) is 0 Å². The number of carbonyl (C=O) groups is 1. The highest BCUT2D eigenvalue weighted by atomic mass is 32.2. The van der Waals surface area contributed by atoms with Crippen molar-refractivity contribution in [2.75, 3.05) is 26.2 Å². The van der Waals surface area contributed by atoms with E-state index in [2.05, 4.69) is 15.2 Å². The first kappa shape index (κ1) is 13.3. The highest BCUT2D eigenvalue weighted by Gasteiger charge is 2.26. The lowest BCUT2D eigenvalue weighted by Crippen LogP contribution is -2.45. The van der Waals surface area contributed by atoms with Gasteiger partial charge in [0.25, 0.3) is 5.91 Å². The zero-order valence-corrected chi connectivity index (χ0v) is 11.6. The Balaban J connectivity index is 1.74. The van der Waals surface area contributed by atoms with E-state index in [0.29, 0.717) is 4.91 Å². The molecular weight excluding hydrogens is 277 g/mol. The Morgan fingerprint density at radius 3 is 2.65 bits per heavy atom. The maximum Gasteiger partial charge on any atom is 0.286 e. The predicted octanol–water partition coefficient (Wildman–Crippen LogP) is 1.70. The third-order valence-corrected chi connectivity index (χ3v) is 4.21. The summed E-state index contributed by atoms with van der Waals surface area (Å²) in [6, 6.07) is 6.07. The molecule has 1 N–H and O–H groups in total. The summed E-state index contributed by atoms with van der Waals surface area (Å²) in [6.07, 6.45) is 1.76. The van der Waals surface area contributed by atoms with Crippen molar-refractivity contribution in [3.63, 3.8) is 0 Å². The minimum absolute atomic E-state index is 0.215. The average Bonchev–Trinajstić information content (AvgIpc) is 2.84. The third-order valence-electron chi connectivity index (χ3n) is 3.16. The van der Waals surface area contributed by atoms with Gasteiger partial charge in [-0.05, 0) is 35.5 Å². The Hall–Kier alpha value is -1.66. The summed E-state index contributed by atoms with van der Waals surface area (Å²) in [6.45, 7) is 3.54. The first-order valence-electron chi connectivity index (χ1n) is 6.46. The fraction of sp³-hybridized carbons (Fsp3) is 0.286. The van der Waals surface area contributed by atoms with Crippen molar-refractivity contribution in [3.8, 4) is 0 Å². The first-order valence-corrected chi connectivity index (χ1v) is 7.28. The van der Waals surface area contributed by atoms with Crippen molar-refractivity contribution in [1.29, 1.82) is 0 Å². The van der Waals surface area contributed by atoms with E-state index in [-0.39, 0.29) is 11.7 Å². The van der Waals surface area contributed by atoms with E-state index in [1.165, 1.54) is 23.9 Å². The highest BCUT2D eigenvalue weighted by Crippen LogP contribution is 2.30. The Labute approximate surface area is 120 Å². The molecule has 3 rings (SSSR count). The van der Waals surface area contributed by atoms with Crippen molar-refractivity contribution in [2.45, 2.75) is 0 Å². The van der Waals surface area contributed by atoms with Crippen LogP contribution in [0.25, 0.3) is 6.08 Å². The van der Waals surface area contributed by atoms with Crippen LogP contribution >= 0.6 is 11.8 Å². The van der Waals surface area contributed by atoms with Crippen molar-refractivity contribution >= 4 is 28.9 Å². The van der Waals surface area contributed by atoms with Crippen LogP contribution < -0.4 is 5.32 Å².